The zero-order chi connectivity index (χ0) is 13.6. The van der Waals surface area contributed by atoms with Crippen LogP contribution >= 0.6 is 0 Å². The number of para-hydroxylation sites is 1. The average molecular weight is 256 g/mol. The van der Waals surface area contributed by atoms with E-state index in [0.717, 1.165) is 29.6 Å². The van der Waals surface area contributed by atoms with E-state index in [2.05, 4.69) is 9.88 Å². The highest BCUT2D eigenvalue weighted by atomic mass is 16.1. The van der Waals surface area contributed by atoms with Crippen molar-refractivity contribution < 1.29 is 4.79 Å². The molecule has 0 unspecified atom stereocenters. The Kier molecular flexibility index (Phi) is 2.64. The van der Waals surface area contributed by atoms with E-state index >= 15 is 0 Å². The minimum atomic E-state index is -0.412. The Bertz CT molecular complexity index is 681. The van der Waals surface area contributed by atoms with Gasteiger partial charge in [0.15, 0.2) is 0 Å². The summed E-state index contributed by atoms with van der Waals surface area (Å²) in [6.45, 7) is 1.63. The second-order valence-electron chi connectivity index (χ2n) is 5.01. The van der Waals surface area contributed by atoms with Crippen LogP contribution in [0.3, 0.4) is 0 Å². The van der Waals surface area contributed by atoms with Crippen LogP contribution in [0.25, 0.3) is 10.9 Å². The molecule has 5 nitrogen and oxygen atoms in total. The second-order valence-corrected chi connectivity index (χ2v) is 5.01. The molecule has 0 saturated heterocycles. The highest BCUT2D eigenvalue weighted by molar-refractivity contribution is 6.09. The number of amides is 1. The summed E-state index contributed by atoms with van der Waals surface area (Å²) in [5, 5.41) is 0.751. The predicted octanol–water partition coefficient (Wildman–Crippen LogP) is 0.904. The quantitative estimate of drug-likeness (QED) is 0.742. The zero-order valence-corrected chi connectivity index (χ0v) is 10.8. The number of nitrogens with zero attached hydrogens (tertiary/aromatic N) is 2. The van der Waals surface area contributed by atoms with Crippen molar-refractivity contribution in [1.82, 2.24) is 9.88 Å². The van der Waals surface area contributed by atoms with Gasteiger partial charge in [0.2, 0.25) is 5.91 Å². The average Bonchev–Trinajstić information content (AvgIpc) is 2.36. The van der Waals surface area contributed by atoms with Crippen molar-refractivity contribution in [2.24, 2.45) is 5.73 Å². The standard InChI is InChI=1S/C14H16N4O/c1-18-6-5-11-9(7-18)12(14(16)19)8-3-2-4-10(15)13(8)17-11/h2-4H,5-7,15H2,1H3,(H2,16,19). The van der Waals surface area contributed by atoms with E-state index in [0.29, 0.717) is 23.3 Å². The lowest BCUT2D eigenvalue weighted by molar-refractivity contribution is 0.0999. The smallest absolute Gasteiger partial charge is 0.249 e. The minimum Gasteiger partial charge on any atom is -0.397 e. The molecule has 4 N–H and O–H groups in total. The summed E-state index contributed by atoms with van der Waals surface area (Å²) >= 11 is 0. The molecule has 2 heterocycles. The van der Waals surface area contributed by atoms with Crippen molar-refractivity contribution in [3.8, 4) is 0 Å². The van der Waals surface area contributed by atoms with Gasteiger partial charge in [0.05, 0.1) is 16.8 Å². The van der Waals surface area contributed by atoms with Crippen molar-refractivity contribution in [3.63, 3.8) is 0 Å². The van der Waals surface area contributed by atoms with Crippen molar-refractivity contribution in [3.05, 3.63) is 35.0 Å². The number of carbonyl (C=O) groups is 1. The van der Waals surface area contributed by atoms with Crippen LogP contribution in [0.5, 0.6) is 0 Å². The van der Waals surface area contributed by atoms with Crippen LogP contribution in [0.2, 0.25) is 0 Å². The molecule has 98 valence electrons. The number of aromatic nitrogens is 1. The number of likely N-dealkylation sites (N-methyl/N-ethyl adjacent to an activating group) is 1. The molecule has 3 rings (SSSR count). The first kappa shape index (κ1) is 11.9. The normalized spacial score (nSPS) is 15.4. The number of fused-ring (bicyclic) bond motifs is 2. The summed E-state index contributed by atoms with van der Waals surface area (Å²) in [5.74, 6) is -0.412. The fourth-order valence-electron chi connectivity index (χ4n) is 2.70. The third-order valence-electron chi connectivity index (χ3n) is 3.64. The van der Waals surface area contributed by atoms with Gasteiger partial charge in [0.1, 0.15) is 0 Å². The molecule has 1 aliphatic rings. The lowest BCUT2D eigenvalue weighted by Gasteiger charge is -2.26. The summed E-state index contributed by atoms with van der Waals surface area (Å²) in [7, 11) is 2.03. The number of rotatable bonds is 1. The van der Waals surface area contributed by atoms with E-state index in [4.69, 9.17) is 11.5 Å². The van der Waals surface area contributed by atoms with Gasteiger partial charge in [0, 0.05) is 36.2 Å². The van der Waals surface area contributed by atoms with Crippen molar-refractivity contribution in [1.29, 1.82) is 0 Å². The Balaban J connectivity index is 2.40. The SMILES string of the molecule is CN1CCc2nc3c(N)cccc3c(C(N)=O)c2C1. The van der Waals surface area contributed by atoms with Crippen LogP contribution in [0.15, 0.2) is 18.2 Å². The molecular weight excluding hydrogens is 240 g/mol. The van der Waals surface area contributed by atoms with Gasteiger partial charge < -0.3 is 16.4 Å². The van der Waals surface area contributed by atoms with Crippen molar-refractivity contribution in [2.75, 3.05) is 19.3 Å². The number of nitrogen functional groups attached to an aromatic ring is 1. The molecule has 5 heteroatoms. The van der Waals surface area contributed by atoms with Crippen LogP contribution in [0.1, 0.15) is 21.6 Å². The molecule has 19 heavy (non-hydrogen) atoms. The van der Waals surface area contributed by atoms with Gasteiger partial charge in [-0.25, -0.2) is 0 Å². The maximum atomic E-state index is 11.8. The molecule has 0 radical (unpaired) electrons. The lowest BCUT2D eigenvalue weighted by Crippen LogP contribution is -2.30. The molecule has 0 fully saturated rings. The van der Waals surface area contributed by atoms with E-state index in [1.807, 2.05) is 19.2 Å². The molecule has 2 aromatic rings. The Labute approximate surface area is 111 Å². The largest absolute Gasteiger partial charge is 0.397 e. The minimum absolute atomic E-state index is 0.412. The number of benzene rings is 1. The zero-order valence-electron chi connectivity index (χ0n) is 10.8. The highest BCUT2D eigenvalue weighted by Crippen LogP contribution is 2.29. The monoisotopic (exact) mass is 256 g/mol. The van der Waals surface area contributed by atoms with Crippen molar-refractivity contribution in [2.45, 2.75) is 13.0 Å². The molecular formula is C14H16N4O. The summed E-state index contributed by atoms with van der Waals surface area (Å²) in [5.41, 5.74) is 15.3. The third kappa shape index (κ3) is 1.82. The molecule has 0 spiro atoms. The van der Waals surface area contributed by atoms with Gasteiger partial charge in [-0.2, -0.15) is 0 Å². The molecule has 0 atom stereocenters. The van der Waals surface area contributed by atoms with Crippen LogP contribution in [-0.4, -0.2) is 29.4 Å². The van der Waals surface area contributed by atoms with E-state index in [1.165, 1.54) is 0 Å². The van der Waals surface area contributed by atoms with E-state index in [1.54, 1.807) is 6.07 Å². The van der Waals surface area contributed by atoms with Gasteiger partial charge in [-0.1, -0.05) is 12.1 Å². The van der Waals surface area contributed by atoms with E-state index < -0.39 is 5.91 Å². The molecule has 0 saturated carbocycles. The molecule has 1 amide bonds. The number of hydrogen-bond acceptors (Lipinski definition) is 4. The van der Waals surface area contributed by atoms with Crippen molar-refractivity contribution >= 4 is 22.5 Å². The van der Waals surface area contributed by atoms with Gasteiger partial charge >= 0.3 is 0 Å². The fraction of sp³-hybridized carbons (Fsp3) is 0.286. The number of carbonyl (C=O) groups excluding carboxylic acids is 1. The maximum Gasteiger partial charge on any atom is 0.249 e. The lowest BCUT2D eigenvalue weighted by atomic mass is 9.95. The van der Waals surface area contributed by atoms with Gasteiger partial charge in [-0.05, 0) is 13.1 Å². The number of anilines is 1. The first-order chi connectivity index (χ1) is 9.08. The summed E-state index contributed by atoms with van der Waals surface area (Å²) in [6, 6.07) is 5.47. The molecule has 0 bridgehead atoms. The first-order valence-electron chi connectivity index (χ1n) is 6.26. The Morgan fingerprint density at radius 3 is 2.95 bits per heavy atom. The summed E-state index contributed by atoms with van der Waals surface area (Å²) in [4.78, 5) is 18.6. The van der Waals surface area contributed by atoms with Gasteiger partial charge in [-0.15, -0.1) is 0 Å². The third-order valence-corrected chi connectivity index (χ3v) is 3.64. The summed E-state index contributed by atoms with van der Waals surface area (Å²) < 4.78 is 0. The second kappa shape index (κ2) is 4.20. The fourth-order valence-corrected chi connectivity index (χ4v) is 2.70. The van der Waals surface area contributed by atoms with Crippen LogP contribution in [0, 0.1) is 0 Å². The molecule has 0 aliphatic carbocycles. The van der Waals surface area contributed by atoms with Crippen LogP contribution in [-0.2, 0) is 13.0 Å². The number of pyridine rings is 1. The van der Waals surface area contributed by atoms with Crippen LogP contribution < -0.4 is 11.5 Å². The molecule has 1 aliphatic heterocycles. The van der Waals surface area contributed by atoms with E-state index in [-0.39, 0.29) is 0 Å². The molecule has 1 aromatic heterocycles. The molecule has 1 aromatic carbocycles. The maximum absolute atomic E-state index is 11.8. The van der Waals surface area contributed by atoms with Gasteiger partial charge in [0.25, 0.3) is 0 Å². The summed E-state index contributed by atoms with van der Waals surface area (Å²) in [6.07, 6.45) is 0.816. The predicted molar refractivity (Wildman–Crippen MR) is 74.7 cm³/mol. The Hall–Kier alpha value is -2.14. The Morgan fingerprint density at radius 2 is 2.21 bits per heavy atom. The first-order valence-corrected chi connectivity index (χ1v) is 6.26. The number of hydrogen-bond donors (Lipinski definition) is 2. The Morgan fingerprint density at radius 1 is 1.42 bits per heavy atom. The number of primary amides is 1. The topological polar surface area (TPSA) is 85.2 Å². The van der Waals surface area contributed by atoms with Crippen LogP contribution in [0.4, 0.5) is 5.69 Å². The van der Waals surface area contributed by atoms with E-state index in [9.17, 15) is 4.79 Å². The number of nitrogens with two attached hydrogens (primary N) is 2. The highest BCUT2D eigenvalue weighted by Gasteiger charge is 2.23. The van der Waals surface area contributed by atoms with Gasteiger partial charge in [-0.3, -0.25) is 9.78 Å².